The second-order valence-corrected chi connectivity index (χ2v) is 3.79. The minimum absolute atomic E-state index is 0.0568. The Kier molecular flexibility index (Phi) is 5.52. The van der Waals surface area contributed by atoms with Crippen molar-refractivity contribution in [2.75, 3.05) is 0 Å². The highest BCUT2D eigenvalue weighted by Gasteiger charge is 2.04. The lowest BCUT2D eigenvalue weighted by atomic mass is 10.3. The Hall–Kier alpha value is -2.08. The zero-order valence-electron chi connectivity index (χ0n) is 8.95. The molecule has 17 heavy (non-hydrogen) atoms. The lowest BCUT2D eigenvalue weighted by Crippen LogP contribution is -2.04. The first kappa shape index (κ1) is 13.0. The molecule has 2 rings (SSSR count). The van der Waals surface area contributed by atoms with Crippen LogP contribution in [0.1, 0.15) is 5.76 Å². The third-order valence-electron chi connectivity index (χ3n) is 1.67. The standard InChI is InChI=1S/C6H6O.C5H6O4Si/c7-6-4-2-1-3-5-6;6-10(7)9-4-5-2-1-3-8-5/h1-5,7H;1-3,6H,4H2. The van der Waals surface area contributed by atoms with Crippen LogP contribution in [0.5, 0.6) is 5.75 Å². The van der Waals surface area contributed by atoms with E-state index in [0.717, 1.165) is 0 Å². The Morgan fingerprint density at radius 2 is 1.88 bits per heavy atom. The second kappa shape index (κ2) is 7.23. The normalized spacial score (nSPS) is 8.94. The van der Waals surface area contributed by atoms with Crippen LogP contribution in [0.15, 0.2) is 53.1 Å². The Morgan fingerprint density at radius 3 is 2.29 bits per heavy atom. The molecule has 0 spiro atoms. The van der Waals surface area contributed by atoms with Gasteiger partial charge < -0.3 is 18.7 Å². The summed E-state index contributed by atoms with van der Waals surface area (Å²) in [7, 11) is -2.82. The molecule has 0 amide bonds. The van der Waals surface area contributed by atoms with Crippen molar-refractivity contribution in [3.8, 4) is 5.75 Å². The SMILES string of the molecule is O=[Si](O)OCc1ccco1.Oc1ccccc1. The minimum atomic E-state index is -2.82. The summed E-state index contributed by atoms with van der Waals surface area (Å²) in [5.41, 5.74) is 0. The van der Waals surface area contributed by atoms with E-state index in [1.807, 2.05) is 6.07 Å². The highest BCUT2D eigenvalue weighted by molar-refractivity contribution is 6.24. The van der Waals surface area contributed by atoms with Gasteiger partial charge in [-0.3, -0.25) is 4.46 Å². The van der Waals surface area contributed by atoms with Crippen LogP contribution in [0, 0.1) is 0 Å². The van der Waals surface area contributed by atoms with Gasteiger partial charge in [-0.25, -0.2) is 0 Å². The molecule has 0 fully saturated rings. The van der Waals surface area contributed by atoms with Gasteiger partial charge in [0.15, 0.2) is 0 Å². The van der Waals surface area contributed by atoms with E-state index in [2.05, 4.69) is 4.43 Å². The molecule has 0 bridgehead atoms. The van der Waals surface area contributed by atoms with E-state index in [9.17, 15) is 4.46 Å². The number of phenols is 1. The second-order valence-electron chi connectivity index (χ2n) is 2.97. The lowest BCUT2D eigenvalue weighted by molar-refractivity contribution is 0.197. The van der Waals surface area contributed by atoms with Crippen molar-refractivity contribution in [3.05, 3.63) is 54.5 Å². The van der Waals surface area contributed by atoms with Gasteiger partial charge in [-0.1, -0.05) is 18.2 Å². The predicted molar refractivity (Wildman–Crippen MR) is 60.3 cm³/mol. The number of hydrogen-bond acceptors (Lipinski definition) is 4. The molecule has 1 aromatic heterocycles. The molecule has 2 N–H and O–H groups in total. The molecule has 90 valence electrons. The zero-order valence-corrected chi connectivity index (χ0v) is 9.95. The first-order chi connectivity index (χ1) is 8.18. The fourth-order valence-corrected chi connectivity index (χ4v) is 1.22. The van der Waals surface area contributed by atoms with Crippen LogP contribution in [-0.4, -0.2) is 19.1 Å². The van der Waals surface area contributed by atoms with E-state index in [-0.39, 0.29) is 6.61 Å². The number of aromatic hydroxyl groups is 1. The maximum absolute atomic E-state index is 10.0. The van der Waals surface area contributed by atoms with Crippen molar-refractivity contribution in [1.82, 2.24) is 0 Å². The number of rotatable bonds is 3. The number of hydrogen-bond donors (Lipinski definition) is 2. The molecule has 0 aliphatic rings. The van der Waals surface area contributed by atoms with Crippen LogP contribution in [0.2, 0.25) is 0 Å². The molecule has 5 nitrogen and oxygen atoms in total. The van der Waals surface area contributed by atoms with E-state index >= 15 is 0 Å². The van der Waals surface area contributed by atoms with Gasteiger partial charge in [0.1, 0.15) is 18.1 Å². The molecule has 0 aliphatic carbocycles. The Balaban J connectivity index is 0.000000181. The summed E-state index contributed by atoms with van der Waals surface area (Å²) in [6.45, 7) is 0.0568. The molecule has 0 aliphatic heterocycles. The van der Waals surface area contributed by atoms with Crippen LogP contribution >= 0.6 is 0 Å². The molecular weight excluding hydrogens is 240 g/mol. The summed E-state index contributed by atoms with van der Waals surface area (Å²) in [6, 6.07) is 12.1. The summed E-state index contributed by atoms with van der Waals surface area (Å²) in [6.07, 6.45) is 1.48. The van der Waals surface area contributed by atoms with Gasteiger partial charge in [-0.2, -0.15) is 0 Å². The molecule has 0 atom stereocenters. The fraction of sp³-hybridized carbons (Fsp3) is 0.0909. The van der Waals surface area contributed by atoms with Crippen molar-refractivity contribution in [2.45, 2.75) is 6.61 Å². The van der Waals surface area contributed by atoms with Crippen molar-refractivity contribution in [2.24, 2.45) is 0 Å². The van der Waals surface area contributed by atoms with Crippen molar-refractivity contribution in [3.63, 3.8) is 0 Å². The van der Waals surface area contributed by atoms with Gasteiger partial charge in [0.05, 0.1) is 6.26 Å². The van der Waals surface area contributed by atoms with Gasteiger partial charge in [0.2, 0.25) is 0 Å². The third-order valence-corrected chi connectivity index (χ3v) is 2.07. The minimum Gasteiger partial charge on any atom is -0.511 e. The number of phenolic OH excluding ortho intramolecular Hbond substituents is 1. The molecule has 1 heterocycles. The summed E-state index contributed by atoms with van der Waals surface area (Å²) in [4.78, 5) is 8.23. The number of furan rings is 1. The summed E-state index contributed by atoms with van der Waals surface area (Å²) < 4.78 is 19.2. The quantitative estimate of drug-likeness (QED) is 0.811. The smallest absolute Gasteiger partial charge is 0.511 e. The average molecular weight is 252 g/mol. The topological polar surface area (TPSA) is 79.9 Å². The highest BCUT2D eigenvalue weighted by Crippen LogP contribution is 2.02. The Morgan fingerprint density at radius 1 is 1.18 bits per heavy atom. The molecule has 0 saturated heterocycles. The van der Waals surface area contributed by atoms with Crippen molar-refractivity contribution >= 4 is 9.17 Å². The monoisotopic (exact) mass is 252 g/mol. The van der Waals surface area contributed by atoms with Crippen LogP contribution in [0.4, 0.5) is 0 Å². The fourth-order valence-electron chi connectivity index (χ4n) is 0.956. The van der Waals surface area contributed by atoms with Gasteiger partial charge in [0, 0.05) is 0 Å². The first-order valence-corrected chi connectivity index (χ1v) is 6.07. The third kappa shape index (κ3) is 6.16. The van der Waals surface area contributed by atoms with Gasteiger partial charge in [-0.05, 0) is 24.3 Å². The lowest BCUT2D eigenvalue weighted by Gasteiger charge is -1.93. The molecule has 0 unspecified atom stereocenters. The highest BCUT2D eigenvalue weighted by atomic mass is 28.3. The van der Waals surface area contributed by atoms with E-state index in [1.54, 1.807) is 36.4 Å². The molecule has 2 aromatic rings. The van der Waals surface area contributed by atoms with E-state index in [4.69, 9.17) is 14.3 Å². The Bertz CT molecular complexity index is 426. The van der Waals surface area contributed by atoms with E-state index in [0.29, 0.717) is 11.5 Å². The Labute approximate surface area is 99.8 Å². The van der Waals surface area contributed by atoms with Gasteiger partial charge in [-0.15, -0.1) is 0 Å². The summed E-state index contributed by atoms with van der Waals surface area (Å²) >= 11 is 0. The van der Waals surface area contributed by atoms with Crippen LogP contribution < -0.4 is 0 Å². The molecule has 0 saturated carbocycles. The van der Waals surface area contributed by atoms with E-state index in [1.165, 1.54) is 6.26 Å². The van der Waals surface area contributed by atoms with Gasteiger partial charge in [0.25, 0.3) is 0 Å². The largest absolute Gasteiger partial charge is 0.765 e. The van der Waals surface area contributed by atoms with Crippen LogP contribution in [-0.2, 0) is 15.5 Å². The number of para-hydroxylation sites is 1. The maximum atomic E-state index is 10.0. The molecule has 6 heteroatoms. The maximum Gasteiger partial charge on any atom is 0.765 e. The predicted octanol–water partition coefficient (Wildman–Crippen LogP) is 1.60. The zero-order chi connectivity index (χ0) is 12.5. The van der Waals surface area contributed by atoms with Crippen LogP contribution in [0.25, 0.3) is 0 Å². The summed E-state index contributed by atoms with van der Waals surface area (Å²) in [5, 5.41) is 8.63. The van der Waals surface area contributed by atoms with E-state index < -0.39 is 9.17 Å². The average Bonchev–Trinajstić information content (AvgIpc) is 2.81. The first-order valence-electron chi connectivity index (χ1n) is 4.80. The van der Waals surface area contributed by atoms with Gasteiger partial charge >= 0.3 is 9.17 Å². The number of benzene rings is 1. The molecule has 0 radical (unpaired) electrons. The van der Waals surface area contributed by atoms with Crippen molar-refractivity contribution < 1.29 is 23.2 Å². The molecular formula is C11H12O5Si. The molecule has 1 aromatic carbocycles. The van der Waals surface area contributed by atoms with Crippen molar-refractivity contribution in [1.29, 1.82) is 0 Å². The summed E-state index contributed by atoms with van der Waals surface area (Å²) in [5.74, 6) is 0.870. The van der Waals surface area contributed by atoms with Crippen LogP contribution in [0.3, 0.4) is 0 Å².